The molecule has 20 heavy (non-hydrogen) atoms. The quantitative estimate of drug-likeness (QED) is 0.895. The first-order chi connectivity index (χ1) is 9.08. The largest absolute Gasteiger partial charge is 0.378 e. The van der Waals surface area contributed by atoms with E-state index >= 15 is 0 Å². The number of morpholine rings is 1. The molecule has 2 unspecified atom stereocenters. The zero-order chi connectivity index (χ0) is 13.8. The van der Waals surface area contributed by atoms with Crippen molar-refractivity contribution < 1.29 is 13.9 Å². The van der Waals surface area contributed by atoms with E-state index in [0.717, 1.165) is 0 Å². The molecule has 0 spiro atoms. The van der Waals surface area contributed by atoms with Gasteiger partial charge in [-0.2, -0.15) is 0 Å². The van der Waals surface area contributed by atoms with Gasteiger partial charge in [-0.05, 0) is 24.6 Å². The molecule has 1 aliphatic heterocycles. The molecule has 2 rings (SSSR count). The molecule has 1 fully saturated rings. The first-order valence-electron chi connectivity index (χ1n) is 6.14. The number of carbonyl (C=O) groups is 1. The van der Waals surface area contributed by atoms with Crippen molar-refractivity contribution in [2.24, 2.45) is 0 Å². The smallest absolute Gasteiger partial charge is 0.240 e. The van der Waals surface area contributed by atoms with Crippen LogP contribution in [0.25, 0.3) is 0 Å². The summed E-state index contributed by atoms with van der Waals surface area (Å²) in [5.74, 6) is -0.540. The number of hydrogen-bond acceptors (Lipinski definition) is 3. The van der Waals surface area contributed by atoms with Gasteiger partial charge in [-0.25, -0.2) is 4.39 Å². The highest BCUT2D eigenvalue weighted by Crippen LogP contribution is 2.23. The molecule has 0 aliphatic carbocycles. The van der Waals surface area contributed by atoms with Crippen LogP contribution in [0.15, 0.2) is 18.2 Å². The van der Waals surface area contributed by atoms with Gasteiger partial charge in [-0.1, -0.05) is 17.7 Å². The molecular formula is C13H17Cl2FN2O2. The summed E-state index contributed by atoms with van der Waals surface area (Å²) in [6, 6.07) is 3.50. The average molecular weight is 323 g/mol. The number of amides is 1. The van der Waals surface area contributed by atoms with E-state index in [1.54, 1.807) is 13.0 Å². The van der Waals surface area contributed by atoms with E-state index in [9.17, 15) is 9.18 Å². The maximum atomic E-state index is 13.0. The summed E-state index contributed by atoms with van der Waals surface area (Å²) < 4.78 is 18.2. The van der Waals surface area contributed by atoms with Crippen molar-refractivity contribution in [3.05, 3.63) is 34.6 Å². The van der Waals surface area contributed by atoms with Crippen molar-refractivity contribution in [3.8, 4) is 0 Å². The number of hydrogen-bond donors (Lipinski definition) is 2. The maximum Gasteiger partial charge on any atom is 0.240 e. The van der Waals surface area contributed by atoms with Gasteiger partial charge < -0.3 is 15.4 Å². The molecule has 1 amide bonds. The lowest BCUT2D eigenvalue weighted by Crippen LogP contribution is -2.51. The minimum Gasteiger partial charge on any atom is -0.378 e. The van der Waals surface area contributed by atoms with E-state index in [1.807, 2.05) is 0 Å². The van der Waals surface area contributed by atoms with Crippen LogP contribution in [0.4, 0.5) is 4.39 Å². The van der Waals surface area contributed by atoms with Gasteiger partial charge in [0.25, 0.3) is 0 Å². The second-order valence-corrected chi connectivity index (χ2v) is 4.88. The summed E-state index contributed by atoms with van der Waals surface area (Å²) in [5.41, 5.74) is 0.688. The molecule has 0 saturated carbocycles. The Morgan fingerprint density at radius 3 is 2.95 bits per heavy atom. The lowest BCUT2D eigenvalue weighted by atomic mass is 10.1. The first kappa shape index (κ1) is 17.2. The fraction of sp³-hybridized carbons (Fsp3) is 0.462. The van der Waals surface area contributed by atoms with E-state index in [2.05, 4.69) is 10.6 Å². The SMILES string of the molecule is CC(NC(=O)C1COCCN1)c1ccc(F)cc1Cl.Cl. The van der Waals surface area contributed by atoms with Crippen LogP contribution in [0.1, 0.15) is 18.5 Å². The highest BCUT2D eigenvalue weighted by molar-refractivity contribution is 6.31. The molecule has 1 saturated heterocycles. The van der Waals surface area contributed by atoms with Crippen LogP contribution >= 0.6 is 24.0 Å². The Morgan fingerprint density at radius 1 is 1.60 bits per heavy atom. The summed E-state index contributed by atoms with van der Waals surface area (Å²) >= 11 is 5.96. The predicted molar refractivity (Wildman–Crippen MR) is 77.8 cm³/mol. The summed E-state index contributed by atoms with van der Waals surface area (Å²) in [6.07, 6.45) is 0. The van der Waals surface area contributed by atoms with E-state index in [-0.39, 0.29) is 30.4 Å². The van der Waals surface area contributed by atoms with Crippen LogP contribution in [-0.4, -0.2) is 31.7 Å². The second kappa shape index (κ2) is 7.78. The van der Waals surface area contributed by atoms with Crippen LogP contribution in [0.5, 0.6) is 0 Å². The number of rotatable bonds is 3. The summed E-state index contributed by atoms with van der Waals surface area (Å²) in [6.45, 7) is 3.43. The average Bonchev–Trinajstić information content (AvgIpc) is 2.39. The topological polar surface area (TPSA) is 50.4 Å². The van der Waals surface area contributed by atoms with Crippen molar-refractivity contribution in [1.29, 1.82) is 0 Å². The Hall–Kier alpha value is -0.880. The Kier molecular flexibility index (Phi) is 6.68. The monoisotopic (exact) mass is 322 g/mol. The minimum absolute atomic E-state index is 0. The predicted octanol–water partition coefficient (Wildman–Crippen LogP) is 2.07. The molecule has 1 heterocycles. The van der Waals surface area contributed by atoms with Gasteiger partial charge in [0.1, 0.15) is 11.9 Å². The molecule has 1 aromatic rings. The Balaban J connectivity index is 0.00000200. The molecule has 2 atom stereocenters. The second-order valence-electron chi connectivity index (χ2n) is 4.48. The molecule has 1 aliphatic rings. The maximum absolute atomic E-state index is 13.0. The highest BCUT2D eigenvalue weighted by Gasteiger charge is 2.23. The van der Waals surface area contributed by atoms with E-state index < -0.39 is 5.82 Å². The van der Waals surface area contributed by atoms with Crippen LogP contribution in [0.3, 0.4) is 0 Å². The van der Waals surface area contributed by atoms with Gasteiger partial charge in [0.15, 0.2) is 0 Å². The summed E-state index contributed by atoms with van der Waals surface area (Å²) in [5, 5.41) is 6.21. The molecular weight excluding hydrogens is 306 g/mol. The molecule has 7 heteroatoms. The van der Waals surface area contributed by atoms with Crippen molar-refractivity contribution in [3.63, 3.8) is 0 Å². The fourth-order valence-electron chi connectivity index (χ4n) is 1.98. The normalized spacial score (nSPS) is 19.9. The third-order valence-electron chi connectivity index (χ3n) is 3.03. The number of nitrogens with one attached hydrogen (secondary N) is 2. The number of ether oxygens (including phenoxy) is 1. The van der Waals surface area contributed by atoms with Gasteiger partial charge >= 0.3 is 0 Å². The zero-order valence-electron chi connectivity index (χ0n) is 11.0. The van der Waals surface area contributed by atoms with Crippen LogP contribution in [0.2, 0.25) is 5.02 Å². The Morgan fingerprint density at radius 2 is 2.35 bits per heavy atom. The third-order valence-corrected chi connectivity index (χ3v) is 3.35. The van der Waals surface area contributed by atoms with Crippen LogP contribution in [0, 0.1) is 5.82 Å². The van der Waals surface area contributed by atoms with E-state index in [4.69, 9.17) is 16.3 Å². The first-order valence-corrected chi connectivity index (χ1v) is 6.52. The number of carbonyl (C=O) groups excluding carboxylic acids is 1. The molecule has 2 N–H and O–H groups in total. The summed E-state index contributed by atoms with van der Waals surface area (Å²) in [4.78, 5) is 12.0. The van der Waals surface area contributed by atoms with Gasteiger partial charge in [-0.15, -0.1) is 12.4 Å². The molecule has 1 aromatic carbocycles. The fourth-order valence-corrected chi connectivity index (χ4v) is 2.31. The lowest BCUT2D eigenvalue weighted by Gasteiger charge is -2.25. The van der Waals surface area contributed by atoms with Gasteiger partial charge in [-0.3, -0.25) is 4.79 Å². The van der Waals surface area contributed by atoms with Gasteiger partial charge in [0, 0.05) is 11.6 Å². The summed E-state index contributed by atoms with van der Waals surface area (Å²) in [7, 11) is 0. The van der Waals surface area contributed by atoms with Crippen molar-refractivity contribution >= 4 is 29.9 Å². The van der Waals surface area contributed by atoms with E-state index in [1.165, 1.54) is 12.1 Å². The third kappa shape index (κ3) is 4.31. The van der Waals surface area contributed by atoms with Crippen LogP contribution in [-0.2, 0) is 9.53 Å². The lowest BCUT2D eigenvalue weighted by molar-refractivity contribution is -0.126. The van der Waals surface area contributed by atoms with E-state index in [0.29, 0.717) is 30.3 Å². The molecule has 4 nitrogen and oxygen atoms in total. The number of benzene rings is 1. The van der Waals surface area contributed by atoms with Crippen LogP contribution < -0.4 is 10.6 Å². The molecule has 0 aromatic heterocycles. The zero-order valence-corrected chi connectivity index (χ0v) is 12.6. The van der Waals surface area contributed by atoms with Gasteiger partial charge in [0.2, 0.25) is 5.91 Å². The number of halogens is 3. The molecule has 0 bridgehead atoms. The minimum atomic E-state index is -0.394. The standard InChI is InChI=1S/C13H16ClFN2O2.ClH/c1-8(10-3-2-9(15)6-11(10)14)17-13(18)12-7-19-5-4-16-12;/h2-3,6,8,12,16H,4-5,7H2,1H3,(H,17,18);1H. The van der Waals surface area contributed by atoms with Crippen molar-refractivity contribution in [2.75, 3.05) is 19.8 Å². The molecule has 112 valence electrons. The van der Waals surface area contributed by atoms with Gasteiger partial charge in [0.05, 0.1) is 19.3 Å². The van der Waals surface area contributed by atoms with Crippen molar-refractivity contribution in [2.45, 2.75) is 19.0 Å². The highest BCUT2D eigenvalue weighted by atomic mass is 35.5. The Labute approximate surface area is 128 Å². The molecule has 0 radical (unpaired) electrons. The Bertz CT molecular complexity index is 468. The van der Waals surface area contributed by atoms with Crippen molar-refractivity contribution in [1.82, 2.24) is 10.6 Å².